The Labute approximate surface area is 145 Å². The smallest absolute Gasteiger partial charge is 0.225 e. The maximum absolute atomic E-state index is 12.5. The SMILES string of the molecule is Cl.NC1CCC(C(=O)N2CCN(C(=O)C3CCCCC3)CC2)C1. The summed E-state index contributed by atoms with van der Waals surface area (Å²) in [4.78, 5) is 29.0. The van der Waals surface area contributed by atoms with Gasteiger partial charge in [0.15, 0.2) is 0 Å². The number of piperazine rings is 1. The fraction of sp³-hybridized carbons (Fsp3) is 0.882. The quantitative estimate of drug-likeness (QED) is 0.831. The van der Waals surface area contributed by atoms with Crippen molar-refractivity contribution in [3.05, 3.63) is 0 Å². The molecule has 1 aliphatic heterocycles. The molecule has 5 nitrogen and oxygen atoms in total. The van der Waals surface area contributed by atoms with Gasteiger partial charge in [0, 0.05) is 44.1 Å². The number of amides is 2. The van der Waals surface area contributed by atoms with E-state index in [1.165, 1.54) is 19.3 Å². The largest absolute Gasteiger partial charge is 0.339 e. The van der Waals surface area contributed by atoms with Crippen molar-refractivity contribution in [3.8, 4) is 0 Å². The zero-order chi connectivity index (χ0) is 15.5. The number of carbonyl (C=O) groups excluding carboxylic acids is 2. The lowest BCUT2D eigenvalue weighted by atomic mass is 9.88. The van der Waals surface area contributed by atoms with Crippen LogP contribution in [0.4, 0.5) is 0 Å². The molecule has 2 aliphatic carbocycles. The van der Waals surface area contributed by atoms with Gasteiger partial charge in [-0.05, 0) is 32.1 Å². The van der Waals surface area contributed by atoms with Crippen LogP contribution in [-0.2, 0) is 9.59 Å². The number of carbonyl (C=O) groups is 2. The molecule has 0 radical (unpaired) electrons. The Balaban J connectivity index is 0.00000192. The molecule has 3 aliphatic rings. The molecule has 0 bridgehead atoms. The van der Waals surface area contributed by atoms with Crippen LogP contribution in [0.15, 0.2) is 0 Å². The van der Waals surface area contributed by atoms with E-state index in [0.717, 1.165) is 32.1 Å². The van der Waals surface area contributed by atoms with Gasteiger partial charge < -0.3 is 15.5 Å². The number of hydrogen-bond donors (Lipinski definition) is 1. The van der Waals surface area contributed by atoms with Gasteiger partial charge in [0.25, 0.3) is 0 Å². The average molecular weight is 344 g/mol. The van der Waals surface area contributed by atoms with E-state index < -0.39 is 0 Å². The van der Waals surface area contributed by atoms with Crippen LogP contribution in [0.3, 0.4) is 0 Å². The predicted octanol–water partition coefficient (Wildman–Crippen LogP) is 1.79. The summed E-state index contributed by atoms with van der Waals surface area (Å²) in [7, 11) is 0. The molecule has 6 heteroatoms. The Kier molecular flexibility index (Phi) is 6.72. The maximum atomic E-state index is 12.5. The summed E-state index contributed by atoms with van der Waals surface area (Å²) in [5.74, 6) is 0.951. The van der Waals surface area contributed by atoms with E-state index in [4.69, 9.17) is 5.73 Å². The molecular formula is C17H30ClN3O2. The third-order valence-electron chi connectivity index (χ3n) is 5.68. The van der Waals surface area contributed by atoms with Crippen molar-refractivity contribution in [2.75, 3.05) is 26.2 Å². The highest BCUT2D eigenvalue weighted by molar-refractivity contribution is 5.85. The number of nitrogens with two attached hydrogens (primary N) is 1. The minimum absolute atomic E-state index is 0. The summed E-state index contributed by atoms with van der Waals surface area (Å²) >= 11 is 0. The molecule has 3 fully saturated rings. The third kappa shape index (κ3) is 4.38. The van der Waals surface area contributed by atoms with E-state index in [1.807, 2.05) is 9.80 Å². The first kappa shape index (κ1) is 18.5. The predicted molar refractivity (Wildman–Crippen MR) is 92.3 cm³/mol. The molecule has 0 aromatic rings. The highest BCUT2D eigenvalue weighted by Crippen LogP contribution is 2.28. The molecule has 2 saturated carbocycles. The molecular weight excluding hydrogens is 314 g/mol. The zero-order valence-corrected chi connectivity index (χ0v) is 14.7. The lowest BCUT2D eigenvalue weighted by Gasteiger charge is -2.38. The zero-order valence-electron chi connectivity index (χ0n) is 13.9. The second-order valence-electron chi connectivity index (χ2n) is 7.26. The average Bonchev–Trinajstić information content (AvgIpc) is 3.01. The van der Waals surface area contributed by atoms with E-state index in [9.17, 15) is 9.59 Å². The Morgan fingerprint density at radius 3 is 1.74 bits per heavy atom. The van der Waals surface area contributed by atoms with E-state index in [2.05, 4.69) is 0 Å². The monoisotopic (exact) mass is 343 g/mol. The first-order chi connectivity index (χ1) is 10.6. The highest BCUT2D eigenvalue weighted by Gasteiger charge is 2.34. The molecule has 2 N–H and O–H groups in total. The second kappa shape index (κ2) is 8.34. The van der Waals surface area contributed by atoms with Crippen molar-refractivity contribution in [1.82, 2.24) is 9.80 Å². The van der Waals surface area contributed by atoms with E-state index in [0.29, 0.717) is 32.1 Å². The van der Waals surface area contributed by atoms with Crippen molar-refractivity contribution in [3.63, 3.8) is 0 Å². The fourth-order valence-corrected chi connectivity index (χ4v) is 4.25. The highest BCUT2D eigenvalue weighted by atomic mass is 35.5. The normalized spacial score (nSPS) is 29.3. The second-order valence-corrected chi connectivity index (χ2v) is 7.26. The van der Waals surface area contributed by atoms with Crippen LogP contribution < -0.4 is 5.73 Å². The van der Waals surface area contributed by atoms with Gasteiger partial charge in [0.2, 0.25) is 11.8 Å². The van der Waals surface area contributed by atoms with Gasteiger partial charge in [-0.3, -0.25) is 9.59 Å². The van der Waals surface area contributed by atoms with Crippen LogP contribution in [0.25, 0.3) is 0 Å². The minimum atomic E-state index is 0. The van der Waals surface area contributed by atoms with Gasteiger partial charge in [-0.15, -0.1) is 12.4 Å². The minimum Gasteiger partial charge on any atom is -0.339 e. The van der Waals surface area contributed by atoms with Crippen molar-refractivity contribution in [2.24, 2.45) is 17.6 Å². The summed E-state index contributed by atoms with van der Waals surface area (Å²) < 4.78 is 0. The first-order valence-corrected chi connectivity index (χ1v) is 8.98. The molecule has 0 spiro atoms. The molecule has 2 amide bonds. The Bertz CT molecular complexity index is 393. The summed E-state index contributed by atoms with van der Waals surface area (Å²) in [6.07, 6.45) is 8.50. The number of halogens is 1. The van der Waals surface area contributed by atoms with Gasteiger partial charge in [-0.25, -0.2) is 0 Å². The van der Waals surface area contributed by atoms with Crippen LogP contribution in [0.5, 0.6) is 0 Å². The van der Waals surface area contributed by atoms with Gasteiger partial charge in [-0.2, -0.15) is 0 Å². The van der Waals surface area contributed by atoms with Crippen LogP contribution in [0.2, 0.25) is 0 Å². The standard InChI is InChI=1S/C17H29N3O2.ClH/c18-15-7-6-14(12-15)17(22)20-10-8-19(9-11-20)16(21)13-4-2-1-3-5-13;/h13-15H,1-12,18H2;1H. The molecule has 0 aromatic heterocycles. The fourth-order valence-electron chi connectivity index (χ4n) is 4.25. The third-order valence-corrected chi connectivity index (χ3v) is 5.68. The van der Waals surface area contributed by atoms with Crippen molar-refractivity contribution < 1.29 is 9.59 Å². The van der Waals surface area contributed by atoms with E-state index in [-0.39, 0.29) is 36.2 Å². The van der Waals surface area contributed by atoms with Gasteiger partial charge in [0.05, 0.1) is 0 Å². The van der Waals surface area contributed by atoms with Crippen LogP contribution in [-0.4, -0.2) is 53.8 Å². The van der Waals surface area contributed by atoms with Crippen LogP contribution in [0.1, 0.15) is 51.4 Å². The van der Waals surface area contributed by atoms with E-state index in [1.54, 1.807) is 0 Å². The Morgan fingerprint density at radius 2 is 1.26 bits per heavy atom. The van der Waals surface area contributed by atoms with Crippen LogP contribution in [0, 0.1) is 11.8 Å². The molecule has 1 heterocycles. The number of nitrogens with zero attached hydrogens (tertiary/aromatic N) is 2. The molecule has 23 heavy (non-hydrogen) atoms. The lowest BCUT2D eigenvalue weighted by molar-refractivity contribution is -0.144. The number of hydrogen-bond acceptors (Lipinski definition) is 3. The van der Waals surface area contributed by atoms with Crippen molar-refractivity contribution in [2.45, 2.75) is 57.4 Å². The van der Waals surface area contributed by atoms with Crippen LogP contribution >= 0.6 is 12.4 Å². The van der Waals surface area contributed by atoms with E-state index >= 15 is 0 Å². The first-order valence-electron chi connectivity index (χ1n) is 8.98. The molecule has 1 saturated heterocycles. The molecule has 3 rings (SSSR count). The van der Waals surface area contributed by atoms with Gasteiger partial charge in [0.1, 0.15) is 0 Å². The maximum Gasteiger partial charge on any atom is 0.225 e. The molecule has 2 atom stereocenters. The lowest BCUT2D eigenvalue weighted by Crippen LogP contribution is -2.53. The van der Waals surface area contributed by atoms with Gasteiger partial charge in [-0.1, -0.05) is 19.3 Å². The number of rotatable bonds is 2. The van der Waals surface area contributed by atoms with Crippen molar-refractivity contribution in [1.29, 1.82) is 0 Å². The molecule has 2 unspecified atom stereocenters. The molecule has 132 valence electrons. The Hall–Kier alpha value is -0.810. The van der Waals surface area contributed by atoms with Crippen molar-refractivity contribution >= 4 is 24.2 Å². The summed E-state index contributed by atoms with van der Waals surface area (Å²) in [5, 5.41) is 0. The Morgan fingerprint density at radius 1 is 0.739 bits per heavy atom. The molecule has 0 aromatic carbocycles. The topological polar surface area (TPSA) is 66.6 Å². The summed E-state index contributed by atoms with van der Waals surface area (Å²) in [6.45, 7) is 2.81. The summed E-state index contributed by atoms with van der Waals surface area (Å²) in [6, 6.07) is 0.197. The van der Waals surface area contributed by atoms with Gasteiger partial charge >= 0.3 is 0 Å². The summed E-state index contributed by atoms with van der Waals surface area (Å²) in [5.41, 5.74) is 5.91.